The van der Waals surface area contributed by atoms with Gasteiger partial charge in [0.25, 0.3) is 0 Å². The van der Waals surface area contributed by atoms with E-state index in [2.05, 4.69) is 57.2 Å². The van der Waals surface area contributed by atoms with Crippen molar-refractivity contribution in [1.82, 2.24) is 4.90 Å². The minimum absolute atomic E-state index is 0.179. The third kappa shape index (κ3) is 2.84. The second-order valence-electron chi connectivity index (χ2n) is 5.29. The highest BCUT2D eigenvalue weighted by Gasteiger charge is 2.32. The van der Waals surface area contributed by atoms with E-state index in [0.717, 1.165) is 0 Å². The average molecular weight is 241 g/mol. The van der Waals surface area contributed by atoms with Crippen LogP contribution in [0.4, 0.5) is 0 Å². The van der Waals surface area contributed by atoms with Crippen LogP contribution in [0.3, 0.4) is 0 Å². The fraction of sp³-hybridized carbons (Fsp3) is 0.692. The molecule has 1 aromatic heterocycles. The molecular weight excluding hydrogens is 218 g/mol. The maximum atomic E-state index is 9.45. The summed E-state index contributed by atoms with van der Waals surface area (Å²) in [6.07, 6.45) is 0. The second-order valence-corrected chi connectivity index (χ2v) is 6.26. The van der Waals surface area contributed by atoms with Crippen molar-refractivity contribution in [3.8, 4) is 0 Å². The SMILES string of the molecule is CC(C)C(c1cccs1)N(C)C(C)(C)CO. The molecule has 3 heteroatoms. The molecule has 1 atom stereocenters. The molecule has 0 saturated heterocycles. The zero-order chi connectivity index (χ0) is 12.3. The fourth-order valence-electron chi connectivity index (χ4n) is 1.91. The summed E-state index contributed by atoms with van der Waals surface area (Å²) in [5.74, 6) is 0.537. The Bertz CT molecular complexity index is 306. The summed E-state index contributed by atoms with van der Waals surface area (Å²) >= 11 is 1.79. The Hall–Kier alpha value is -0.380. The van der Waals surface area contributed by atoms with Crippen LogP contribution in [0.2, 0.25) is 0 Å². The van der Waals surface area contributed by atoms with Crippen LogP contribution < -0.4 is 0 Å². The molecule has 0 bridgehead atoms. The lowest BCUT2D eigenvalue weighted by Gasteiger charge is -2.41. The highest BCUT2D eigenvalue weighted by atomic mass is 32.1. The Morgan fingerprint density at radius 1 is 1.44 bits per heavy atom. The molecule has 0 radical (unpaired) electrons. The first-order valence-corrected chi connectivity index (χ1v) is 6.65. The zero-order valence-electron chi connectivity index (χ0n) is 10.9. The summed E-state index contributed by atoms with van der Waals surface area (Å²) in [5, 5.41) is 11.6. The molecule has 0 saturated carbocycles. The minimum Gasteiger partial charge on any atom is -0.394 e. The number of hydrogen-bond donors (Lipinski definition) is 1. The van der Waals surface area contributed by atoms with Crippen LogP contribution in [0.15, 0.2) is 17.5 Å². The first kappa shape index (κ1) is 13.7. The van der Waals surface area contributed by atoms with Gasteiger partial charge in [-0.1, -0.05) is 19.9 Å². The second kappa shape index (κ2) is 5.30. The number of hydrogen-bond acceptors (Lipinski definition) is 3. The zero-order valence-corrected chi connectivity index (χ0v) is 11.7. The van der Waals surface area contributed by atoms with Gasteiger partial charge in [0.1, 0.15) is 0 Å². The molecule has 1 unspecified atom stereocenters. The number of rotatable bonds is 5. The van der Waals surface area contributed by atoms with E-state index in [1.54, 1.807) is 11.3 Å². The predicted octanol–water partition coefficient (Wildman–Crippen LogP) is 3.15. The van der Waals surface area contributed by atoms with Crippen molar-refractivity contribution in [3.05, 3.63) is 22.4 Å². The summed E-state index contributed by atoms with van der Waals surface area (Å²) in [6.45, 7) is 8.80. The largest absolute Gasteiger partial charge is 0.394 e. The van der Waals surface area contributed by atoms with E-state index in [1.807, 2.05) is 0 Å². The molecule has 16 heavy (non-hydrogen) atoms. The van der Waals surface area contributed by atoms with E-state index < -0.39 is 0 Å². The van der Waals surface area contributed by atoms with Crippen molar-refractivity contribution in [2.24, 2.45) is 5.92 Å². The van der Waals surface area contributed by atoms with E-state index >= 15 is 0 Å². The highest BCUT2D eigenvalue weighted by molar-refractivity contribution is 7.10. The smallest absolute Gasteiger partial charge is 0.0610 e. The van der Waals surface area contributed by atoms with Gasteiger partial charge in [-0.2, -0.15) is 0 Å². The number of likely N-dealkylation sites (N-methyl/N-ethyl adjacent to an activating group) is 1. The van der Waals surface area contributed by atoms with E-state index in [-0.39, 0.29) is 12.1 Å². The number of aliphatic hydroxyl groups is 1. The van der Waals surface area contributed by atoms with Crippen molar-refractivity contribution in [2.45, 2.75) is 39.3 Å². The Balaban J connectivity index is 2.96. The van der Waals surface area contributed by atoms with Crippen LogP contribution in [0.25, 0.3) is 0 Å². The van der Waals surface area contributed by atoms with Crippen LogP contribution >= 0.6 is 11.3 Å². The monoisotopic (exact) mass is 241 g/mol. The van der Waals surface area contributed by atoms with E-state index in [1.165, 1.54) is 4.88 Å². The molecule has 0 aliphatic heterocycles. The summed E-state index contributed by atoms with van der Waals surface area (Å²) in [7, 11) is 2.10. The van der Waals surface area contributed by atoms with Crippen LogP contribution in [0, 0.1) is 5.92 Å². The normalized spacial score (nSPS) is 14.8. The third-order valence-corrected chi connectivity index (χ3v) is 4.17. The van der Waals surface area contributed by atoms with Gasteiger partial charge in [0.05, 0.1) is 6.61 Å². The molecule has 1 rings (SSSR count). The molecule has 0 amide bonds. The maximum absolute atomic E-state index is 9.45. The molecule has 0 aliphatic carbocycles. The van der Waals surface area contributed by atoms with Gasteiger partial charge in [-0.25, -0.2) is 0 Å². The molecule has 1 aromatic rings. The van der Waals surface area contributed by atoms with Gasteiger partial charge in [-0.3, -0.25) is 4.90 Å². The van der Waals surface area contributed by atoms with Gasteiger partial charge >= 0.3 is 0 Å². The molecule has 0 aromatic carbocycles. The standard InChI is InChI=1S/C13H23NOS/c1-10(2)12(11-7-6-8-16-11)14(5)13(3,4)9-15/h6-8,10,12,15H,9H2,1-5H3. The molecule has 1 heterocycles. The number of thiophene rings is 1. The van der Waals surface area contributed by atoms with E-state index in [9.17, 15) is 5.11 Å². The lowest BCUT2D eigenvalue weighted by Crippen LogP contribution is -2.47. The quantitative estimate of drug-likeness (QED) is 0.856. The Morgan fingerprint density at radius 2 is 2.06 bits per heavy atom. The van der Waals surface area contributed by atoms with Gasteiger partial charge in [0, 0.05) is 16.5 Å². The van der Waals surface area contributed by atoms with Crippen LogP contribution in [0.5, 0.6) is 0 Å². The summed E-state index contributed by atoms with van der Waals surface area (Å²) in [6, 6.07) is 4.65. The molecule has 1 N–H and O–H groups in total. The Kier molecular flexibility index (Phi) is 4.53. The van der Waals surface area contributed by atoms with Crippen molar-refractivity contribution >= 4 is 11.3 Å². The molecule has 2 nitrogen and oxygen atoms in total. The molecule has 92 valence electrons. The van der Waals surface area contributed by atoms with Gasteiger partial charge < -0.3 is 5.11 Å². The first-order chi connectivity index (χ1) is 7.40. The van der Waals surface area contributed by atoms with Gasteiger partial charge in [-0.05, 0) is 38.3 Å². The Labute approximate surface area is 103 Å². The van der Waals surface area contributed by atoms with Gasteiger partial charge in [0.15, 0.2) is 0 Å². The Morgan fingerprint density at radius 3 is 2.44 bits per heavy atom. The average Bonchev–Trinajstić information content (AvgIpc) is 2.70. The molecular formula is C13H23NOS. The predicted molar refractivity (Wildman–Crippen MR) is 70.8 cm³/mol. The van der Waals surface area contributed by atoms with Crippen molar-refractivity contribution in [3.63, 3.8) is 0 Å². The fourth-order valence-corrected chi connectivity index (χ4v) is 2.96. The molecule has 0 aliphatic rings. The van der Waals surface area contributed by atoms with Gasteiger partial charge in [0.2, 0.25) is 0 Å². The van der Waals surface area contributed by atoms with Crippen LogP contribution in [-0.4, -0.2) is 29.2 Å². The number of aliphatic hydroxyl groups excluding tert-OH is 1. The van der Waals surface area contributed by atoms with Crippen molar-refractivity contribution < 1.29 is 5.11 Å². The lowest BCUT2D eigenvalue weighted by atomic mass is 9.95. The van der Waals surface area contributed by atoms with Gasteiger partial charge in [-0.15, -0.1) is 11.3 Å². The molecule has 0 spiro atoms. The molecule has 0 fully saturated rings. The van der Waals surface area contributed by atoms with Crippen LogP contribution in [0.1, 0.15) is 38.6 Å². The number of nitrogens with zero attached hydrogens (tertiary/aromatic N) is 1. The first-order valence-electron chi connectivity index (χ1n) is 5.77. The highest BCUT2D eigenvalue weighted by Crippen LogP contribution is 2.34. The van der Waals surface area contributed by atoms with E-state index in [4.69, 9.17) is 0 Å². The van der Waals surface area contributed by atoms with Crippen LogP contribution in [-0.2, 0) is 0 Å². The van der Waals surface area contributed by atoms with Crippen molar-refractivity contribution in [1.29, 1.82) is 0 Å². The third-order valence-electron chi connectivity index (χ3n) is 3.23. The minimum atomic E-state index is -0.182. The lowest BCUT2D eigenvalue weighted by molar-refractivity contribution is 0.0291. The summed E-state index contributed by atoms with van der Waals surface area (Å²) in [5.41, 5.74) is -0.182. The van der Waals surface area contributed by atoms with E-state index in [0.29, 0.717) is 12.0 Å². The summed E-state index contributed by atoms with van der Waals surface area (Å²) in [4.78, 5) is 3.66. The topological polar surface area (TPSA) is 23.5 Å². The summed E-state index contributed by atoms with van der Waals surface area (Å²) < 4.78 is 0. The van der Waals surface area contributed by atoms with Crippen molar-refractivity contribution in [2.75, 3.05) is 13.7 Å². The maximum Gasteiger partial charge on any atom is 0.0610 e.